The highest BCUT2D eigenvalue weighted by atomic mass is 35.5. The zero-order valence-electron chi connectivity index (χ0n) is 12.4. The number of carboxylic acid groups (broad SMARTS) is 1. The molecule has 2 aromatic rings. The molecular formula is C15H15Cl2FN2O4. The molecule has 1 heterocycles. The number of ether oxygens (including phenoxy) is 1. The second kappa shape index (κ2) is 6.96. The van der Waals surface area contributed by atoms with Crippen LogP contribution >= 0.6 is 24.0 Å². The maximum absolute atomic E-state index is 14.2. The van der Waals surface area contributed by atoms with Crippen LogP contribution in [-0.4, -0.2) is 28.8 Å². The quantitative estimate of drug-likeness (QED) is 0.835. The summed E-state index contributed by atoms with van der Waals surface area (Å²) in [5.74, 6) is -2.36. The summed E-state index contributed by atoms with van der Waals surface area (Å²) in [7, 11) is 0. The van der Waals surface area contributed by atoms with Crippen LogP contribution in [0.1, 0.15) is 29.2 Å². The van der Waals surface area contributed by atoms with E-state index in [1.54, 1.807) is 4.57 Å². The van der Waals surface area contributed by atoms with Crippen LogP contribution in [0, 0.1) is 5.82 Å². The first kappa shape index (κ1) is 18.5. The monoisotopic (exact) mass is 376 g/mol. The number of fused-ring (bicyclic) bond motifs is 1. The highest BCUT2D eigenvalue weighted by Gasteiger charge is 2.29. The van der Waals surface area contributed by atoms with Crippen molar-refractivity contribution in [3.63, 3.8) is 0 Å². The third-order valence-corrected chi connectivity index (χ3v) is 4.05. The van der Waals surface area contributed by atoms with Crippen molar-refractivity contribution in [2.45, 2.75) is 18.9 Å². The molecule has 1 fully saturated rings. The minimum Gasteiger partial charge on any atom is -0.488 e. The Labute approximate surface area is 147 Å². The van der Waals surface area contributed by atoms with Gasteiger partial charge in [0, 0.05) is 18.8 Å². The van der Waals surface area contributed by atoms with E-state index in [4.69, 9.17) is 22.1 Å². The smallest absolute Gasteiger partial charge is 0.341 e. The van der Waals surface area contributed by atoms with Crippen LogP contribution in [0.3, 0.4) is 0 Å². The number of carboxylic acids is 1. The molecule has 0 spiro atoms. The lowest BCUT2D eigenvalue weighted by atomic mass is 10.1. The molecule has 1 aromatic carbocycles. The first-order chi connectivity index (χ1) is 11.0. The van der Waals surface area contributed by atoms with Crippen molar-refractivity contribution in [2.24, 2.45) is 5.73 Å². The molecule has 0 aliphatic heterocycles. The number of halogens is 3. The number of hydrogen-bond acceptors (Lipinski definition) is 4. The largest absolute Gasteiger partial charge is 0.488 e. The minimum absolute atomic E-state index is 0. The lowest BCUT2D eigenvalue weighted by Gasteiger charge is -2.16. The van der Waals surface area contributed by atoms with Gasteiger partial charge in [0.2, 0.25) is 5.43 Å². The van der Waals surface area contributed by atoms with E-state index in [0.717, 1.165) is 18.9 Å². The predicted molar refractivity (Wildman–Crippen MR) is 90.2 cm³/mol. The summed E-state index contributed by atoms with van der Waals surface area (Å²) in [6.45, 7) is 0.254. The Morgan fingerprint density at radius 3 is 2.71 bits per heavy atom. The number of rotatable bonds is 5. The molecule has 1 aliphatic rings. The summed E-state index contributed by atoms with van der Waals surface area (Å²) in [5, 5.41) is 9.07. The highest BCUT2D eigenvalue weighted by Crippen LogP contribution is 2.41. The number of carbonyl (C=O) groups is 1. The van der Waals surface area contributed by atoms with E-state index in [-0.39, 0.29) is 53.3 Å². The Kier molecular flexibility index (Phi) is 5.37. The SMILES string of the molecule is Cl.NCCOc1c(F)cc2c(=O)c(C(=O)O)cn(C3CC3)c2c1Cl. The zero-order chi connectivity index (χ0) is 16.7. The van der Waals surface area contributed by atoms with Gasteiger partial charge in [-0.05, 0) is 18.9 Å². The second-order valence-corrected chi connectivity index (χ2v) is 5.73. The van der Waals surface area contributed by atoms with Gasteiger partial charge in [-0.2, -0.15) is 0 Å². The van der Waals surface area contributed by atoms with E-state index in [1.165, 1.54) is 6.20 Å². The van der Waals surface area contributed by atoms with E-state index >= 15 is 0 Å². The third kappa shape index (κ3) is 3.07. The summed E-state index contributed by atoms with van der Waals surface area (Å²) in [5.41, 5.74) is 4.46. The Morgan fingerprint density at radius 1 is 1.50 bits per heavy atom. The predicted octanol–water partition coefficient (Wildman–Crippen LogP) is 2.59. The van der Waals surface area contributed by atoms with Gasteiger partial charge >= 0.3 is 5.97 Å². The lowest BCUT2D eigenvalue weighted by Crippen LogP contribution is -2.19. The van der Waals surface area contributed by atoms with Crippen molar-refractivity contribution < 1.29 is 19.0 Å². The fourth-order valence-electron chi connectivity index (χ4n) is 2.51. The minimum atomic E-state index is -1.36. The molecule has 1 aromatic heterocycles. The molecule has 0 radical (unpaired) electrons. The number of aromatic nitrogens is 1. The molecule has 0 unspecified atom stereocenters. The molecule has 1 saturated carbocycles. The van der Waals surface area contributed by atoms with Crippen molar-refractivity contribution >= 4 is 40.9 Å². The average molecular weight is 377 g/mol. The van der Waals surface area contributed by atoms with Crippen LogP contribution in [0.4, 0.5) is 4.39 Å². The second-order valence-electron chi connectivity index (χ2n) is 5.35. The first-order valence-electron chi connectivity index (χ1n) is 7.08. The molecule has 9 heteroatoms. The van der Waals surface area contributed by atoms with Gasteiger partial charge in [-0.1, -0.05) is 11.6 Å². The molecule has 3 rings (SSSR count). The number of nitrogens with zero attached hydrogens (tertiary/aromatic N) is 1. The Balaban J connectivity index is 0.00000208. The van der Waals surface area contributed by atoms with E-state index in [2.05, 4.69) is 0 Å². The molecular weight excluding hydrogens is 362 g/mol. The van der Waals surface area contributed by atoms with E-state index in [0.29, 0.717) is 0 Å². The number of pyridine rings is 1. The molecule has 24 heavy (non-hydrogen) atoms. The number of hydrogen-bond donors (Lipinski definition) is 2. The summed E-state index contributed by atoms with van der Waals surface area (Å²) in [4.78, 5) is 23.6. The highest BCUT2D eigenvalue weighted by molar-refractivity contribution is 6.36. The van der Waals surface area contributed by atoms with Gasteiger partial charge in [0.05, 0.1) is 10.9 Å². The van der Waals surface area contributed by atoms with Gasteiger partial charge in [0.1, 0.15) is 17.2 Å². The maximum atomic E-state index is 14.2. The van der Waals surface area contributed by atoms with Gasteiger partial charge in [0.25, 0.3) is 0 Å². The van der Waals surface area contributed by atoms with Crippen LogP contribution in [0.5, 0.6) is 5.75 Å². The van der Waals surface area contributed by atoms with Gasteiger partial charge in [-0.3, -0.25) is 4.79 Å². The molecule has 0 atom stereocenters. The number of benzene rings is 1. The standard InChI is InChI=1S/C15H14ClFN2O4.ClH/c16-11-12-8(5-10(17)14(11)23-4-3-18)13(20)9(15(21)22)6-19(12)7-1-2-7;/h5-7H,1-4,18H2,(H,21,22);1H. The Bertz CT molecular complexity index is 865. The molecule has 130 valence electrons. The zero-order valence-corrected chi connectivity index (χ0v) is 14.0. The van der Waals surface area contributed by atoms with Crippen molar-refractivity contribution in [3.8, 4) is 5.75 Å². The van der Waals surface area contributed by atoms with Crippen molar-refractivity contribution in [1.29, 1.82) is 0 Å². The summed E-state index contributed by atoms with van der Waals surface area (Å²) in [6, 6.07) is 1.02. The Hall–Kier alpha value is -1.83. The van der Waals surface area contributed by atoms with E-state index in [1.807, 2.05) is 0 Å². The third-order valence-electron chi connectivity index (χ3n) is 3.70. The van der Waals surface area contributed by atoms with Crippen molar-refractivity contribution in [2.75, 3.05) is 13.2 Å². The molecule has 1 aliphatic carbocycles. The van der Waals surface area contributed by atoms with Crippen LogP contribution in [0.2, 0.25) is 5.02 Å². The summed E-state index contributed by atoms with van der Waals surface area (Å²) < 4.78 is 21.1. The van der Waals surface area contributed by atoms with E-state index in [9.17, 15) is 19.1 Å². The van der Waals surface area contributed by atoms with Crippen LogP contribution < -0.4 is 15.9 Å². The molecule has 0 saturated heterocycles. The van der Waals surface area contributed by atoms with E-state index < -0.39 is 22.8 Å². The van der Waals surface area contributed by atoms with Crippen molar-refractivity contribution in [1.82, 2.24) is 4.57 Å². The summed E-state index contributed by atoms with van der Waals surface area (Å²) in [6.07, 6.45) is 2.94. The topological polar surface area (TPSA) is 94.6 Å². The van der Waals surface area contributed by atoms with Gasteiger partial charge < -0.3 is 20.1 Å². The van der Waals surface area contributed by atoms with Gasteiger partial charge in [-0.15, -0.1) is 12.4 Å². The molecule has 0 amide bonds. The lowest BCUT2D eigenvalue weighted by molar-refractivity contribution is 0.0695. The van der Waals surface area contributed by atoms with Gasteiger partial charge in [-0.25, -0.2) is 9.18 Å². The maximum Gasteiger partial charge on any atom is 0.341 e. The molecule has 3 N–H and O–H groups in total. The van der Waals surface area contributed by atoms with Crippen LogP contribution in [-0.2, 0) is 0 Å². The fraction of sp³-hybridized carbons (Fsp3) is 0.333. The molecule has 6 nitrogen and oxygen atoms in total. The average Bonchev–Trinajstić information content (AvgIpc) is 3.32. The fourth-order valence-corrected chi connectivity index (χ4v) is 2.85. The van der Waals surface area contributed by atoms with Crippen molar-refractivity contribution in [3.05, 3.63) is 38.9 Å². The molecule has 0 bridgehead atoms. The Morgan fingerprint density at radius 2 is 2.17 bits per heavy atom. The first-order valence-corrected chi connectivity index (χ1v) is 7.46. The summed E-state index contributed by atoms with van der Waals surface area (Å²) >= 11 is 6.25. The van der Waals surface area contributed by atoms with Gasteiger partial charge in [0.15, 0.2) is 11.6 Å². The van der Waals surface area contributed by atoms with Crippen LogP contribution in [0.25, 0.3) is 10.9 Å². The number of nitrogens with two attached hydrogens (primary N) is 1. The normalized spacial score (nSPS) is 13.6. The number of aromatic carboxylic acids is 1. The van der Waals surface area contributed by atoms with Crippen LogP contribution in [0.15, 0.2) is 17.1 Å².